The standard InChI is InChI=1S/C21H19F3N4O3S/c22-21(23,24)14-10-15-18(16(11-14)27-30)32-20(26-15)19(29)25-12-17(13-4-2-1-3-5-13)28-6-8-31-9-7-28/h1-5,10-11,17H,6-9,12H2,(H,25,29). The van der Waals surface area contributed by atoms with Crippen LogP contribution in [0, 0.1) is 4.91 Å². The highest BCUT2D eigenvalue weighted by molar-refractivity contribution is 7.20. The van der Waals surface area contributed by atoms with Crippen molar-refractivity contribution in [2.24, 2.45) is 5.18 Å². The lowest BCUT2D eigenvalue weighted by Crippen LogP contribution is -2.43. The molecule has 1 aromatic heterocycles. The first-order valence-corrected chi connectivity index (χ1v) is 10.7. The Morgan fingerprint density at radius 3 is 2.59 bits per heavy atom. The number of nitrogens with one attached hydrogen (secondary N) is 1. The van der Waals surface area contributed by atoms with Crippen LogP contribution in [0.1, 0.15) is 27.0 Å². The van der Waals surface area contributed by atoms with E-state index in [1.807, 2.05) is 30.3 Å². The van der Waals surface area contributed by atoms with Crippen LogP contribution >= 0.6 is 11.3 Å². The van der Waals surface area contributed by atoms with E-state index in [0.29, 0.717) is 32.4 Å². The van der Waals surface area contributed by atoms with Crippen LogP contribution in [0.15, 0.2) is 47.6 Å². The van der Waals surface area contributed by atoms with Gasteiger partial charge in [-0.1, -0.05) is 30.3 Å². The number of hydrogen-bond donors (Lipinski definition) is 1. The largest absolute Gasteiger partial charge is 0.416 e. The van der Waals surface area contributed by atoms with E-state index < -0.39 is 17.6 Å². The number of rotatable bonds is 6. The van der Waals surface area contributed by atoms with Crippen molar-refractivity contribution in [2.45, 2.75) is 12.2 Å². The molecule has 0 spiro atoms. The molecular weight excluding hydrogens is 445 g/mol. The Hall–Kier alpha value is -2.89. The van der Waals surface area contributed by atoms with E-state index in [-0.39, 0.29) is 33.5 Å². The van der Waals surface area contributed by atoms with Gasteiger partial charge in [-0.3, -0.25) is 9.69 Å². The quantitative estimate of drug-likeness (QED) is 0.543. The molecule has 1 aliphatic rings. The SMILES string of the molecule is O=Nc1cc(C(F)(F)F)cc2nc(C(=O)NCC(c3ccccc3)N3CCOCC3)sc12. The van der Waals surface area contributed by atoms with Gasteiger partial charge in [0, 0.05) is 19.6 Å². The number of benzene rings is 2. The number of thiazole rings is 1. The zero-order valence-electron chi connectivity index (χ0n) is 16.8. The molecule has 2 heterocycles. The van der Waals surface area contributed by atoms with Gasteiger partial charge < -0.3 is 10.1 Å². The molecule has 0 bridgehead atoms. The Labute approximate surface area is 185 Å². The zero-order chi connectivity index (χ0) is 22.7. The van der Waals surface area contributed by atoms with Crippen LogP contribution in [0.4, 0.5) is 18.9 Å². The minimum absolute atomic E-state index is 0.0296. The predicted molar refractivity (Wildman–Crippen MR) is 114 cm³/mol. The van der Waals surface area contributed by atoms with Gasteiger partial charge in [-0.15, -0.1) is 16.2 Å². The van der Waals surface area contributed by atoms with E-state index >= 15 is 0 Å². The molecule has 0 saturated carbocycles. The van der Waals surface area contributed by atoms with Gasteiger partial charge in [-0.25, -0.2) is 4.98 Å². The molecule has 3 aromatic rings. The third-order valence-corrected chi connectivity index (χ3v) is 6.31. The van der Waals surface area contributed by atoms with E-state index in [9.17, 15) is 22.9 Å². The van der Waals surface area contributed by atoms with E-state index in [1.54, 1.807) is 0 Å². The molecule has 1 aliphatic heterocycles. The fourth-order valence-corrected chi connectivity index (χ4v) is 4.54. The number of nitroso groups, excluding NO2 is 1. The maximum absolute atomic E-state index is 13.1. The highest BCUT2D eigenvalue weighted by Gasteiger charge is 2.32. The Balaban J connectivity index is 1.56. The van der Waals surface area contributed by atoms with Crippen molar-refractivity contribution < 1.29 is 22.7 Å². The lowest BCUT2D eigenvalue weighted by molar-refractivity contribution is -0.137. The second kappa shape index (κ2) is 9.31. The molecule has 0 radical (unpaired) electrons. The van der Waals surface area contributed by atoms with Gasteiger partial charge in [0.1, 0.15) is 5.69 Å². The van der Waals surface area contributed by atoms with E-state index in [4.69, 9.17) is 4.74 Å². The summed E-state index contributed by atoms with van der Waals surface area (Å²) < 4.78 is 44.8. The third kappa shape index (κ3) is 4.79. The molecule has 1 atom stereocenters. The Morgan fingerprint density at radius 1 is 1.22 bits per heavy atom. The van der Waals surface area contributed by atoms with Gasteiger partial charge in [0.2, 0.25) is 0 Å². The van der Waals surface area contributed by atoms with Crippen LogP contribution in [-0.4, -0.2) is 48.6 Å². The third-order valence-electron chi connectivity index (χ3n) is 5.22. The average Bonchev–Trinajstić information content (AvgIpc) is 3.24. The molecule has 32 heavy (non-hydrogen) atoms. The number of carbonyl (C=O) groups is 1. The van der Waals surface area contributed by atoms with Crippen LogP contribution in [-0.2, 0) is 10.9 Å². The zero-order valence-corrected chi connectivity index (χ0v) is 17.6. The van der Waals surface area contributed by atoms with Crippen LogP contribution in [0.5, 0.6) is 0 Å². The van der Waals surface area contributed by atoms with Gasteiger partial charge in [0.15, 0.2) is 5.01 Å². The number of nitrogens with zero attached hydrogens (tertiary/aromatic N) is 3. The number of aromatic nitrogens is 1. The molecular formula is C21H19F3N4O3S. The number of alkyl halides is 3. The lowest BCUT2D eigenvalue weighted by Gasteiger charge is -2.34. The first kappa shape index (κ1) is 22.3. The van der Waals surface area contributed by atoms with Crippen molar-refractivity contribution in [3.8, 4) is 0 Å². The van der Waals surface area contributed by atoms with Crippen molar-refractivity contribution in [3.63, 3.8) is 0 Å². The maximum atomic E-state index is 13.1. The van der Waals surface area contributed by atoms with Crippen LogP contribution < -0.4 is 5.32 Å². The number of carbonyl (C=O) groups excluding carboxylic acids is 1. The van der Waals surface area contributed by atoms with Crippen LogP contribution in [0.25, 0.3) is 10.2 Å². The van der Waals surface area contributed by atoms with Gasteiger partial charge in [0.25, 0.3) is 5.91 Å². The highest BCUT2D eigenvalue weighted by Crippen LogP contribution is 2.38. The summed E-state index contributed by atoms with van der Waals surface area (Å²) in [6, 6.07) is 11.1. The minimum atomic E-state index is -4.65. The smallest absolute Gasteiger partial charge is 0.379 e. The molecule has 11 heteroatoms. The minimum Gasteiger partial charge on any atom is -0.379 e. The summed E-state index contributed by atoms with van der Waals surface area (Å²) in [6.07, 6.45) is -4.65. The van der Waals surface area contributed by atoms with E-state index in [2.05, 4.69) is 20.4 Å². The lowest BCUT2D eigenvalue weighted by atomic mass is 10.0. The topological polar surface area (TPSA) is 83.9 Å². The fourth-order valence-electron chi connectivity index (χ4n) is 3.63. The summed E-state index contributed by atoms with van der Waals surface area (Å²) in [5, 5.41) is 5.49. The first-order chi connectivity index (χ1) is 15.4. The van der Waals surface area contributed by atoms with Crippen molar-refractivity contribution in [1.82, 2.24) is 15.2 Å². The summed E-state index contributed by atoms with van der Waals surface area (Å²) in [4.78, 5) is 30.1. The molecule has 1 N–H and O–H groups in total. The number of hydrogen-bond acceptors (Lipinski definition) is 7. The monoisotopic (exact) mass is 464 g/mol. The summed E-state index contributed by atoms with van der Waals surface area (Å²) >= 11 is 0.841. The summed E-state index contributed by atoms with van der Waals surface area (Å²) in [5.41, 5.74) is -0.478. The van der Waals surface area contributed by atoms with Crippen molar-refractivity contribution >= 4 is 33.1 Å². The average molecular weight is 464 g/mol. The van der Waals surface area contributed by atoms with E-state index in [0.717, 1.165) is 23.0 Å². The highest BCUT2D eigenvalue weighted by atomic mass is 32.1. The Bertz CT molecular complexity index is 1110. The number of fused-ring (bicyclic) bond motifs is 1. The van der Waals surface area contributed by atoms with Crippen molar-refractivity contribution in [1.29, 1.82) is 0 Å². The molecule has 168 valence electrons. The van der Waals surface area contributed by atoms with Gasteiger partial charge in [-0.2, -0.15) is 13.2 Å². The Morgan fingerprint density at radius 2 is 1.94 bits per heavy atom. The van der Waals surface area contributed by atoms with Gasteiger partial charge in [-0.05, 0) is 22.9 Å². The van der Waals surface area contributed by atoms with E-state index in [1.165, 1.54) is 0 Å². The predicted octanol–water partition coefficient (Wildman–Crippen LogP) is 4.52. The molecule has 1 amide bonds. The molecule has 0 aliphatic carbocycles. The van der Waals surface area contributed by atoms with Crippen LogP contribution in [0.3, 0.4) is 0 Å². The molecule has 1 fully saturated rings. The molecule has 4 rings (SSSR count). The van der Waals surface area contributed by atoms with Crippen molar-refractivity contribution in [2.75, 3.05) is 32.8 Å². The molecule has 1 saturated heterocycles. The summed E-state index contributed by atoms with van der Waals surface area (Å²) in [6.45, 7) is 2.90. The Kier molecular flexibility index (Phi) is 6.49. The summed E-state index contributed by atoms with van der Waals surface area (Å²) in [7, 11) is 0. The second-order valence-electron chi connectivity index (χ2n) is 7.24. The number of amides is 1. The number of halogens is 3. The second-order valence-corrected chi connectivity index (χ2v) is 8.24. The maximum Gasteiger partial charge on any atom is 0.416 e. The van der Waals surface area contributed by atoms with Crippen molar-refractivity contribution in [3.05, 3.63) is 63.5 Å². The number of morpholine rings is 1. The fraction of sp³-hybridized carbons (Fsp3) is 0.333. The normalized spacial score (nSPS) is 16.1. The van der Waals surface area contributed by atoms with Gasteiger partial charge >= 0.3 is 6.18 Å². The van der Waals surface area contributed by atoms with Crippen LogP contribution in [0.2, 0.25) is 0 Å². The first-order valence-electron chi connectivity index (χ1n) is 9.87. The van der Waals surface area contributed by atoms with Gasteiger partial charge in [0.05, 0.1) is 35.0 Å². The molecule has 7 nitrogen and oxygen atoms in total. The number of ether oxygens (including phenoxy) is 1. The molecule has 2 aromatic carbocycles. The summed E-state index contributed by atoms with van der Waals surface area (Å²) in [5.74, 6) is -0.522. The molecule has 1 unspecified atom stereocenters.